The van der Waals surface area contributed by atoms with E-state index in [2.05, 4.69) is 4.74 Å². The van der Waals surface area contributed by atoms with Gasteiger partial charge < -0.3 is 14.7 Å². The molecule has 2 rings (SSSR count). The Morgan fingerprint density at radius 2 is 2.19 bits per heavy atom. The summed E-state index contributed by atoms with van der Waals surface area (Å²) in [5, 5.41) is 9.85. The van der Waals surface area contributed by atoms with Gasteiger partial charge in [-0.05, 0) is 25.0 Å². The standard InChI is InChI=1S/C15H19F2NO3/c1-2-10-9-18(8-7-12(10)19)14(20)11-5-3-4-6-13(11)21-15(16)17/h3-6,10,12,15,19H,2,7-9H2,1H3. The highest BCUT2D eigenvalue weighted by Gasteiger charge is 2.30. The van der Waals surface area contributed by atoms with Gasteiger partial charge in [-0.2, -0.15) is 8.78 Å². The van der Waals surface area contributed by atoms with E-state index >= 15 is 0 Å². The van der Waals surface area contributed by atoms with Gasteiger partial charge in [-0.15, -0.1) is 0 Å². The molecular formula is C15H19F2NO3. The number of alkyl halides is 2. The first-order chi connectivity index (χ1) is 10.0. The first kappa shape index (κ1) is 15.7. The Morgan fingerprint density at radius 1 is 1.48 bits per heavy atom. The van der Waals surface area contributed by atoms with Crippen LogP contribution in [0.3, 0.4) is 0 Å². The van der Waals surface area contributed by atoms with Gasteiger partial charge in [0.15, 0.2) is 0 Å². The van der Waals surface area contributed by atoms with Crippen molar-refractivity contribution >= 4 is 5.91 Å². The van der Waals surface area contributed by atoms with Gasteiger partial charge in [-0.3, -0.25) is 4.79 Å². The lowest BCUT2D eigenvalue weighted by Gasteiger charge is -2.36. The van der Waals surface area contributed by atoms with Crippen LogP contribution in [0.25, 0.3) is 0 Å². The maximum absolute atomic E-state index is 12.5. The number of piperidine rings is 1. The molecule has 0 bridgehead atoms. The van der Waals surface area contributed by atoms with E-state index in [4.69, 9.17) is 0 Å². The number of halogens is 2. The second-order valence-electron chi connectivity index (χ2n) is 5.15. The molecule has 1 amide bonds. The van der Waals surface area contributed by atoms with Crippen molar-refractivity contribution in [1.29, 1.82) is 0 Å². The number of rotatable bonds is 4. The lowest BCUT2D eigenvalue weighted by Crippen LogP contribution is -2.45. The molecule has 0 spiro atoms. The predicted octanol–water partition coefficient (Wildman–Crippen LogP) is 2.52. The summed E-state index contributed by atoms with van der Waals surface area (Å²) in [5.74, 6) is -0.431. The summed E-state index contributed by atoms with van der Waals surface area (Å²) in [6.07, 6.45) is 0.856. The second kappa shape index (κ2) is 6.85. The smallest absolute Gasteiger partial charge is 0.387 e. The lowest BCUT2D eigenvalue weighted by atomic mass is 9.92. The van der Waals surface area contributed by atoms with E-state index in [1.807, 2.05) is 6.92 Å². The fourth-order valence-corrected chi connectivity index (χ4v) is 2.62. The minimum absolute atomic E-state index is 0.0193. The number of aliphatic hydroxyl groups is 1. The lowest BCUT2D eigenvalue weighted by molar-refractivity contribution is -0.0503. The molecule has 2 atom stereocenters. The van der Waals surface area contributed by atoms with E-state index < -0.39 is 12.7 Å². The highest BCUT2D eigenvalue weighted by Crippen LogP contribution is 2.26. The third-order valence-corrected chi connectivity index (χ3v) is 3.84. The maximum atomic E-state index is 12.5. The van der Waals surface area contributed by atoms with Gasteiger partial charge in [0.1, 0.15) is 5.75 Å². The Hall–Kier alpha value is -1.69. The topological polar surface area (TPSA) is 49.8 Å². The molecule has 1 aromatic rings. The molecule has 4 nitrogen and oxygen atoms in total. The van der Waals surface area contributed by atoms with Crippen LogP contribution in [-0.2, 0) is 0 Å². The van der Waals surface area contributed by atoms with Crippen molar-refractivity contribution in [1.82, 2.24) is 4.90 Å². The number of hydrogen-bond acceptors (Lipinski definition) is 3. The van der Waals surface area contributed by atoms with E-state index in [0.717, 1.165) is 6.42 Å². The summed E-state index contributed by atoms with van der Waals surface area (Å²) in [4.78, 5) is 14.1. The summed E-state index contributed by atoms with van der Waals surface area (Å²) in [6, 6.07) is 5.99. The number of aliphatic hydroxyl groups excluding tert-OH is 1. The Morgan fingerprint density at radius 3 is 2.86 bits per heavy atom. The molecule has 1 saturated heterocycles. The van der Waals surface area contributed by atoms with Crippen LogP contribution in [0, 0.1) is 5.92 Å². The molecule has 1 aromatic carbocycles. The minimum atomic E-state index is -2.97. The van der Waals surface area contributed by atoms with Crippen molar-refractivity contribution in [2.45, 2.75) is 32.5 Å². The molecule has 1 N–H and O–H groups in total. The Bertz CT molecular complexity index is 496. The largest absolute Gasteiger partial charge is 0.434 e. The molecule has 1 fully saturated rings. The van der Waals surface area contributed by atoms with Gasteiger partial charge >= 0.3 is 6.61 Å². The molecule has 2 unspecified atom stereocenters. The normalized spacial score (nSPS) is 22.4. The Labute approximate surface area is 122 Å². The number of carbonyl (C=O) groups excluding carboxylic acids is 1. The third-order valence-electron chi connectivity index (χ3n) is 3.84. The molecule has 116 valence electrons. The summed E-state index contributed by atoms with van der Waals surface area (Å²) in [5.41, 5.74) is 0.129. The number of amides is 1. The summed E-state index contributed by atoms with van der Waals surface area (Å²) in [7, 11) is 0. The van der Waals surface area contributed by atoms with Gasteiger partial charge in [0, 0.05) is 19.0 Å². The first-order valence-electron chi connectivity index (χ1n) is 7.04. The van der Waals surface area contributed by atoms with E-state index in [-0.39, 0.29) is 23.1 Å². The zero-order valence-electron chi connectivity index (χ0n) is 11.8. The quantitative estimate of drug-likeness (QED) is 0.929. The molecule has 1 aliphatic rings. The summed E-state index contributed by atoms with van der Waals surface area (Å²) >= 11 is 0. The van der Waals surface area contributed by atoms with Crippen molar-refractivity contribution in [3.8, 4) is 5.75 Å². The van der Waals surface area contributed by atoms with Crippen LogP contribution < -0.4 is 4.74 Å². The second-order valence-corrected chi connectivity index (χ2v) is 5.15. The van der Waals surface area contributed by atoms with Gasteiger partial charge in [0.25, 0.3) is 5.91 Å². The summed E-state index contributed by atoms with van der Waals surface area (Å²) < 4.78 is 29.2. The zero-order chi connectivity index (χ0) is 15.4. The van der Waals surface area contributed by atoms with Crippen molar-refractivity contribution in [2.24, 2.45) is 5.92 Å². The van der Waals surface area contributed by atoms with Crippen molar-refractivity contribution < 1.29 is 23.4 Å². The van der Waals surface area contributed by atoms with Crippen LogP contribution in [0.2, 0.25) is 0 Å². The molecule has 0 saturated carbocycles. The SMILES string of the molecule is CCC1CN(C(=O)c2ccccc2OC(F)F)CCC1O. The van der Waals surface area contributed by atoms with Crippen LogP contribution in [0.1, 0.15) is 30.1 Å². The van der Waals surface area contributed by atoms with E-state index in [0.29, 0.717) is 19.5 Å². The van der Waals surface area contributed by atoms with Crippen molar-refractivity contribution in [3.63, 3.8) is 0 Å². The number of carbonyl (C=O) groups is 1. The molecule has 1 aliphatic heterocycles. The Kier molecular flexibility index (Phi) is 5.12. The number of nitrogens with zero attached hydrogens (tertiary/aromatic N) is 1. The molecule has 0 aliphatic carbocycles. The fourth-order valence-electron chi connectivity index (χ4n) is 2.62. The Balaban J connectivity index is 2.16. The average Bonchev–Trinajstić information content (AvgIpc) is 2.47. The molecular weight excluding hydrogens is 280 g/mol. The van der Waals surface area contributed by atoms with Gasteiger partial charge in [-0.1, -0.05) is 19.1 Å². The highest BCUT2D eigenvalue weighted by molar-refractivity contribution is 5.97. The minimum Gasteiger partial charge on any atom is -0.434 e. The molecule has 6 heteroatoms. The molecule has 0 aromatic heterocycles. The van der Waals surface area contributed by atoms with E-state index in [9.17, 15) is 18.7 Å². The average molecular weight is 299 g/mol. The van der Waals surface area contributed by atoms with Crippen molar-refractivity contribution in [2.75, 3.05) is 13.1 Å². The first-order valence-corrected chi connectivity index (χ1v) is 7.04. The van der Waals surface area contributed by atoms with Gasteiger partial charge in [-0.25, -0.2) is 0 Å². The van der Waals surface area contributed by atoms with Crippen LogP contribution in [-0.4, -0.2) is 41.7 Å². The van der Waals surface area contributed by atoms with Crippen LogP contribution in [0.5, 0.6) is 5.75 Å². The predicted molar refractivity (Wildman–Crippen MR) is 73.4 cm³/mol. The third kappa shape index (κ3) is 3.69. The zero-order valence-corrected chi connectivity index (χ0v) is 11.8. The number of ether oxygens (including phenoxy) is 1. The monoisotopic (exact) mass is 299 g/mol. The molecule has 1 heterocycles. The summed E-state index contributed by atoms with van der Waals surface area (Å²) in [6.45, 7) is -0.167. The van der Waals surface area contributed by atoms with Crippen LogP contribution >= 0.6 is 0 Å². The van der Waals surface area contributed by atoms with Gasteiger partial charge in [0.05, 0.1) is 11.7 Å². The number of benzene rings is 1. The van der Waals surface area contributed by atoms with Crippen molar-refractivity contribution in [3.05, 3.63) is 29.8 Å². The van der Waals surface area contributed by atoms with Gasteiger partial charge in [0.2, 0.25) is 0 Å². The molecule has 0 radical (unpaired) electrons. The highest BCUT2D eigenvalue weighted by atomic mass is 19.3. The number of hydrogen-bond donors (Lipinski definition) is 1. The van der Waals surface area contributed by atoms with E-state index in [1.54, 1.807) is 17.0 Å². The number of para-hydroxylation sites is 1. The van der Waals surface area contributed by atoms with Crippen LogP contribution in [0.15, 0.2) is 24.3 Å². The molecule has 21 heavy (non-hydrogen) atoms. The fraction of sp³-hybridized carbons (Fsp3) is 0.533. The number of likely N-dealkylation sites (tertiary alicyclic amines) is 1. The maximum Gasteiger partial charge on any atom is 0.387 e. The van der Waals surface area contributed by atoms with E-state index in [1.165, 1.54) is 12.1 Å². The van der Waals surface area contributed by atoms with Crippen LogP contribution in [0.4, 0.5) is 8.78 Å².